The van der Waals surface area contributed by atoms with E-state index in [1.807, 2.05) is 6.92 Å². The van der Waals surface area contributed by atoms with Crippen LogP contribution < -0.4 is 10.6 Å². The number of carbonyl (C=O) groups excluding carboxylic acids is 4. The van der Waals surface area contributed by atoms with E-state index in [0.717, 1.165) is 6.42 Å². The molecule has 0 aliphatic heterocycles. The highest BCUT2D eigenvalue weighted by molar-refractivity contribution is 5.98. The molecule has 0 spiro atoms. The minimum atomic E-state index is -1.10. The van der Waals surface area contributed by atoms with Gasteiger partial charge in [-0.1, -0.05) is 25.7 Å². The molecular formula is C20H30N2O7. The summed E-state index contributed by atoms with van der Waals surface area (Å²) < 4.78 is 0. The molecule has 0 aromatic heterocycles. The number of amides is 1. The summed E-state index contributed by atoms with van der Waals surface area (Å²) in [7, 11) is 0. The first-order valence-electron chi connectivity index (χ1n) is 9.62. The van der Waals surface area contributed by atoms with Crippen molar-refractivity contribution in [2.24, 2.45) is 0 Å². The maximum Gasteiger partial charge on any atom is 0.326 e. The molecular weight excluding hydrogens is 380 g/mol. The highest BCUT2D eigenvalue weighted by Gasteiger charge is 2.19. The first-order valence-corrected chi connectivity index (χ1v) is 9.62. The highest BCUT2D eigenvalue weighted by atomic mass is 16.4. The van der Waals surface area contributed by atoms with Crippen LogP contribution in [0.25, 0.3) is 0 Å². The second-order valence-electron chi connectivity index (χ2n) is 6.69. The van der Waals surface area contributed by atoms with Crippen LogP contribution in [0.1, 0.15) is 58.8 Å². The first-order chi connectivity index (χ1) is 13.6. The predicted molar refractivity (Wildman–Crippen MR) is 105 cm³/mol. The van der Waals surface area contributed by atoms with Crippen LogP contribution in [0.4, 0.5) is 0 Å². The van der Waals surface area contributed by atoms with E-state index >= 15 is 0 Å². The zero-order valence-corrected chi connectivity index (χ0v) is 17.0. The standard InChI is InChI=1S/C20H30N2O7/c1-3-4-5-18(20(28)29)22-19(27)13-21-12-17(26)11-10-16(25)9-8-15(24)7-6-14(2)23/h15,18,21,24H,3-7,10-13H2,1-2H3,(H,22,27)(H,28,29)/t15?,18-/m0/s1. The lowest BCUT2D eigenvalue weighted by Crippen LogP contribution is -2.45. The third-order valence-electron chi connectivity index (χ3n) is 3.87. The number of carboxylic acids is 1. The maximum atomic E-state index is 11.7. The number of aliphatic carboxylic acids is 1. The number of aliphatic hydroxyl groups is 1. The van der Waals surface area contributed by atoms with Crippen molar-refractivity contribution in [1.29, 1.82) is 0 Å². The van der Waals surface area contributed by atoms with E-state index in [1.54, 1.807) is 0 Å². The summed E-state index contributed by atoms with van der Waals surface area (Å²) in [6.45, 7) is 2.96. The highest BCUT2D eigenvalue weighted by Crippen LogP contribution is 2.01. The Bertz CT molecular complexity index is 649. The third-order valence-corrected chi connectivity index (χ3v) is 3.87. The second kappa shape index (κ2) is 15.4. The summed E-state index contributed by atoms with van der Waals surface area (Å²) in [5.41, 5.74) is 0. The molecule has 0 heterocycles. The molecule has 0 aliphatic carbocycles. The summed E-state index contributed by atoms with van der Waals surface area (Å²) in [6, 6.07) is -0.957. The van der Waals surface area contributed by atoms with Crippen molar-refractivity contribution < 1.29 is 34.2 Å². The number of hydrogen-bond donors (Lipinski definition) is 4. The van der Waals surface area contributed by atoms with Gasteiger partial charge in [-0.05, 0) is 25.7 Å². The average Bonchev–Trinajstić information content (AvgIpc) is 2.65. The number of rotatable bonds is 15. The van der Waals surface area contributed by atoms with Crippen molar-refractivity contribution in [2.75, 3.05) is 13.1 Å². The van der Waals surface area contributed by atoms with Gasteiger partial charge in [0.25, 0.3) is 0 Å². The lowest BCUT2D eigenvalue weighted by atomic mass is 10.1. The number of carbonyl (C=O) groups is 5. The fourth-order valence-corrected chi connectivity index (χ4v) is 2.21. The van der Waals surface area contributed by atoms with Gasteiger partial charge in [0.15, 0.2) is 0 Å². The molecule has 2 atom stereocenters. The van der Waals surface area contributed by atoms with Gasteiger partial charge in [-0.15, -0.1) is 0 Å². The van der Waals surface area contributed by atoms with Crippen molar-refractivity contribution in [1.82, 2.24) is 10.6 Å². The predicted octanol–water partition coefficient (Wildman–Crippen LogP) is -0.0125. The average molecular weight is 410 g/mol. The molecule has 0 rings (SSSR count). The number of unbranched alkanes of at least 4 members (excludes halogenated alkanes) is 1. The van der Waals surface area contributed by atoms with Gasteiger partial charge >= 0.3 is 5.97 Å². The summed E-state index contributed by atoms with van der Waals surface area (Å²) in [6.07, 6.45) is 0.904. The van der Waals surface area contributed by atoms with E-state index in [-0.39, 0.29) is 50.3 Å². The first kappa shape index (κ1) is 26.4. The molecule has 9 nitrogen and oxygen atoms in total. The van der Waals surface area contributed by atoms with Crippen LogP contribution in [0.3, 0.4) is 0 Å². The summed E-state index contributed by atoms with van der Waals surface area (Å²) >= 11 is 0. The number of Topliss-reactive ketones (excluding diaryl/α,β-unsaturated/α-hetero) is 3. The molecule has 0 fully saturated rings. The normalized spacial score (nSPS) is 12.2. The lowest BCUT2D eigenvalue weighted by molar-refractivity contribution is -0.142. The molecule has 1 amide bonds. The zero-order valence-electron chi connectivity index (χ0n) is 17.0. The summed E-state index contributed by atoms with van der Waals surface area (Å²) in [4.78, 5) is 57.0. The van der Waals surface area contributed by atoms with Gasteiger partial charge in [0, 0.05) is 19.3 Å². The minimum absolute atomic E-state index is 0.0695. The fraction of sp³-hybridized carbons (Fsp3) is 0.650. The fourth-order valence-electron chi connectivity index (χ4n) is 2.21. The Labute approximate surface area is 170 Å². The van der Waals surface area contributed by atoms with Gasteiger partial charge in [0.1, 0.15) is 23.7 Å². The van der Waals surface area contributed by atoms with Crippen LogP contribution in [0.2, 0.25) is 0 Å². The van der Waals surface area contributed by atoms with E-state index in [0.29, 0.717) is 12.8 Å². The number of hydrogen-bond acceptors (Lipinski definition) is 7. The molecule has 0 saturated carbocycles. The zero-order chi connectivity index (χ0) is 22.2. The maximum absolute atomic E-state index is 11.7. The number of nitrogens with one attached hydrogen (secondary N) is 2. The molecule has 0 aromatic rings. The van der Waals surface area contributed by atoms with E-state index in [4.69, 9.17) is 5.11 Å². The molecule has 0 radical (unpaired) electrons. The van der Waals surface area contributed by atoms with Crippen molar-refractivity contribution in [3.05, 3.63) is 0 Å². The Balaban J connectivity index is 4.09. The van der Waals surface area contributed by atoms with Crippen LogP contribution in [-0.2, 0) is 24.0 Å². The van der Waals surface area contributed by atoms with Crippen molar-refractivity contribution in [2.45, 2.75) is 70.9 Å². The Hall–Kier alpha value is -2.57. The Morgan fingerprint density at radius 2 is 1.69 bits per heavy atom. The number of carboxylic acid groups (broad SMARTS) is 1. The van der Waals surface area contributed by atoms with Crippen molar-refractivity contribution in [3.8, 4) is 11.8 Å². The van der Waals surface area contributed by atoms with E-state index in [2.05, 4.69) is 22.5 Å². The molecule has 9 heteroatoms. The van der Waals surface area contributed by atoms with E-state index in [1.165, 1.54) is 6.92 Å². The molecule has 29 heavy (non-hydrogen) atoms. The molecule has 162 valence electrons. The van der Waals surface area contributed by atoms with Crippen LogP contribution in [-0.4, -0.2) is 64.7 Å². The Morgan fingerprint density at radius 1 is 1.00 bits per heavy atom. The Morgan fingerprint density at radius 3 is 2.28 bits per heavy atom. The van der Waals surface area contributed by atoms with Gasteiger partial charge in [-0.25, -0.2) is 4.79 Å². The largest absolute Gasteiger partial charge is 0.480 e. The molecule has 0 saturated heterocycles. The molecule has 0 bridgehead atoms. The quantitative estimate of drug-likeness (QED) is 0.217. The van der Waals surface area contributed by atoms with Crippen LogP contribution in [0, 0.1) is 11.8 Å². The van der Waals surface area contributed by atoms with Crippen LogP contribution in [0.5, 0.6) is 0 Å². The Kier molecular flexibility index (Phi) is 14.0. The molecule has 1 unspecified atom stereocenters. The summed E-state index contributed by atoms with van der Waals surface area (Å²) in [5, 5.41) is 23.6. The SMILES string of the molecule is CCCC[C@H](NC(=O)CNCC(=O)CCC(=O)C#CC(O)CCC(C)=O)C(=O)O. The van der Waals surface area contributed by atoms with Crippen LogP contribution in [0.15, 0.2) is 0 Å². The number of ketones is 3. The smallest absolute Gasteiger partial charge is 0.326 e. The molecule has 0 aromatic carbocycles. The lowest BCUT2D eigenvalue weighted by Gasteiger charge is -2.14. The van der Waals surface area contributed by atoms with Gasteiger partial charge in [0.2, 0.25) is 11.7 Å². The van der Waals surface area contributed by atoms with Gasteiger partial charge in [-0.3, -0.25) is 14.4 Å². The second-order valence-corrected chi connectivity index (χ2v) is 6.69. The van der Waals surface area contributed by atoms with Gasteiger partial charge < -0.3 is 25.6 Å². The van der Waals surface area contributed by atoms with Crippen molar-refractivity contribution in [3.63, 3.8) is 0 Å². The van der Waals surface area contributed by atoms with E-state index in [9.17, 15) is 29.1 Å². The summed E-state index contributed by atoms with van der Waals surface area (Å²) in [5.74, 6) is 2.07. The number of aliphatic hydroxyl groups excluding tert-OH is 1. The molecule has 4 N–H and O–H groups in total. The van der Waals surface area contributed by atoms with Crippen molar-refractivity contribution >= 4 is 29.2 Å². The monoisotopic (exact) mass is 410 g/mol. The van der Waals surface area contributed by atoms with E-state index < -0.39 is 29.8 Å². The molecule has 0 aliphatic rings. The third kappa shape index (κ3) is 15.1. The van der Waals surface area contributed by atoms with Crippen LogP contribution >= 0.6 is 0 Å². The van der Waals surface area contributed by atoms with Gasteiger partial charge in [0.05, 0.1) is 13.1 Å². The minimum Gasteiger partial charge on any atom is -0.480 e. The topological polar surface area (TPSA) is 150 Å². The van der Waals surface area contributed by atoms with Gasteiger partial charge in [-0.2, -0.15) is 0 Å².